The van der Waals surface area contributed by atoms with E-state index in [1.54, 1.807) is 0 Å². The van der Waals surface area contributed by atoms with Crippen LogP contribution in [-0.2, 0) is 4.79 Å². The molecule has 0 spiro atoms. The lowest BCUT2D eigenvalue weighted by molar-refractivity contribution is -0.123. The second kappa shape index (κ2) is 7.26. The summed E-state index contributed by atoms with van der Waals surface area (Å²) in [5.41, 5.74) is 7.60. The van der Waals surface area contributed by atoms with Gasteiger partial charge in [0.2, 0.25) is 0 Å². The van der Waals surface area contributed by atoms with Crippen LogP contribution >= 0.6 is 11.3 Å². The van der Waals surface area contributed by atoms with E-state index in [-0.39, 0.29) is 18.6 Å². The maximum Gasteiger partial charge on any atom is 0.258 e. The van der Waals surface area contributed by atoms with Crippen molar-refractivity contribution in [2.75, 3.05) is 12.3 Å². The van der Waals surface area contributed by atoms with Gasteiger partial charge in [0.25, 0.3) is 5.91 Å². The Morgan fingerprint density at radius 1 is 1.41 bits per heavy atom. The third-order valence-corrected chi connectivity index (χ3v) is 4.13. The third kappa shape index (κ3) is 4.21. The highest BCUT2D eigenvalue weighted by atomic mass is 32.1. The van der Waals surface area contributed by atoms with Gasteiger partial charge in [0.1, 0.15) is 5.75 Å². The van der Waals surface area contributed by atoms with Gasteiger partial charge in [-0.2, -0.15) is 0 Å². The zero-order valence-corrected chi connectivity index (χ0v) is 13.9. The number of nitrogens with two attached hydrogens (primary N) is 1. The van der Waals surface area contributed by atoms with E-state index in [0.29, 0.717) is 10.9 Å². The number of carbonyl (C=O) groups excluding carboxylic acids is 1. The van der Waals surface area contributed by atoms with Gasteiger partial charge in [0.05, 0.1) is 5.69 Å². The lowest BCUT2D eigenvalue weighted by Crippen LogP contribution is -2.35. The first-order valence-corrected chi connectivity index (χ1v) is 8.06. The van der Waals surface area contributed by atoms with Crippen LogP contribution in [0.4, 0.5) is 5.13 Å². The molecule has 1 amide bonds. The maximum absolute atomic E-state index is 11.7. The molecule has 0 fully saturated rings. The zero-order chi connectivity index (χ0) is 16.1. The average Bonchev–Trinajstić information content (AvgIpc) is 2.84. The molecule has 6 heteroatoms. The standard InChI is InChI=1S/C16H21N3O2S/c1-4-10(2)18-14(20)9-21-13-7-5-12(6-8-13)15-11(3)22-16(17)19-15/h5-8,10H,4,9H2,1-3H3,(H2,17,19)(H,18,20). The molecule has 2 aromatic rings. The first kappa shape index (κ1) is 16.3. The van der Waals surface area contributed by atoms with Crippen molar-refractivity contribution in [1.29, 1.82) is 0 Å². The van der Waals surface area contributed by atoms with Gasteiger partial charge in [0, 0.05) is 16.5 Å². The van der Waals surface area contributed by atoms with Crippen LogP contribution in [0.3, 0.4) is 0 Å². The van der Waals surface area contributed by atoms with Gasteiger partial charge >= 0.3 is 0 Å². The molecule has 2 rings (SSSR count). The number of hydrogen-bond donors (Lipinski definition) is 2. The van der Waals surface area contributed by atoms with E-state index in [0.717, 1.165) is 22.6 Å². The highest BCUT2D eigenvalue weighted by molar-refractivity contribution is 7.15. The van der Waals surface area contributed by atoms with Crippen LogP contribution in [0.15, 0.2) is 24.3 Å². The Morgan fingerprint density at radius 2 is 2.09 bits per heavy atom. The number of nitrogens with one attached hydrogen (secondary N) is 1. The molecule has 0 radical (unpaired) electrons. The minimum atomic E-state index is -0.110. The number of nitrogens with zero attached hydrogens (tertiary/aromatic N) is 1. The average molecular weight is 319 g/mol. The summed E-state index contributed by atoms with van der Waals surface area (Å²) in [6.07, 6.45) is 0.899. The van der Waals surface area contributed by atoms with Crippen molar-refractivity contribution in [2.24, 2.45) is 0 Å². The molecule has 22 heavy (non-hydrogen) atoms. The molecule has 0 saturated heterocycles. The number of aromatic nitrogens is 1. The highest BCUT2D eigenvalue weighted by Crippen LogP contribution is 2.29. The van der Waals surface area contributed by atoms with Gasteiger partial charge < -0.3 is 15.8 Å². The van der Waals surface area contributed by atoms with Crippen LogP contribution in [-0.4, -0.2) is 23.5 Å². The first-order valence-electron chi connectivity index (χ1n) is 7.25. The minimum Gasteiger partial charge on any atom is -0.484 e. The molecule has 1 atom stereocenters. The Balaban J connectivity index is 1.95. The summed E-state index contributed by atoms with van der Waals surface area (Å²) >= 11 is 1.47. The number of nitrogen functional groups attached to an aromatic ring is 1. The SMILES string of the molecule is CCC(C)NC(=O)COc1ccc(-c2nc(N)sc2C)cc1. The number of thiazole rings is 1. The number of ether oxygens (including phenoxy) is 1. The van der Waals surface area contributed by atoms with Gasteiger partial charge in [-0.15, -0.1) is 11.3 Å². The highest BCUT2D eigenvalue weighted by Gasteiger charge is 2.09. The maximum atomic E-state index is 11.7. The largest absolute Gasteiger partial charge is 0.484 e. The summed E-state index contributed by atoms with van der Waals surface area (Å²) in [5.74, 6) is 0.547. The van der Waals surface area contributed by atoms with E-state index in [1.807, 2.05) is 45.0 Å². The topological polar surface area (TPSA) is 77.2 Å². The second-order valence-corrected chi connectivity index (χ2v) is 6.38. The van der Waals surface area contributed by atoms with Crippen molar-refractivity contribution in [3.63, 3.8) is 0 Å². The summed E-state index contributed by atoms with van der Waals surface area (Å²) < 4.78 is 5.48. The predicted molar refractivity (Wildman–Crippen MR) is 90.1 cm³/mol. The first-order chi connectivity index (χ1) is 10.5. The fraction of sp³-hybridized carbons (Fsp3) is 0.375. The second-order valence-electron chi connectivity index (χ2n) is 5.15. The predicted octanol–water partition coefficient (Wildman–Crippen LogP) is 2.99. The van der Waals surface area contributed by atoms with Gasteiger partial charge in [-0.25, -0.2) is 4.98 Å². The Morgan fingerprint density at radius 3 is 2.64 bits per heavy atom. The number of anilines is 1. The summed E-state index contributed by atoms with van der Waals surface area (Å²) in [4.78, 5) is 17.1. The van der Waals surface area contributed by atoms with E-state index in [9.17, 15) is 4.79 Å². The molecule has 5 nitrogen and oxygen atoms in total. The van der Waals surface area contributed by atoms with Crippen LogP contribution in [0.25, 0.3) is 11.3 Å². The molecule has 1 aromatic heterocycles. The monoisotopic (exact) mass is 319 g/mol. The Labute approximate surface area is 134 Å². The number of amides is 1. The lowest BCUT2D eigenvalue weighted by atomic mass is 10.1. The van der Waals surface area contributed by atoms with Crippen LogP contribution < -0.4 is 15.8 Å². The molecule has 1 heterocycles. The number of benzene rings is 1. The molecule has 0 aliphatic rings. The molecule has 3 N–H and O–H groups in total. The lowest BCUT2D eigenvalue weighted by Gasteiger charge is -2.12. The van der Waals surface area contributed by atoms with Crippen molar-refractivity contribution >= 4 is 22.4 Å². The van der Waals surface area contributed by atoms with Gasteiger partial charge in [-0.1, -0.05) is 6.92 Å². The third-order valence-electron chi connectivity index (χ3n) is 3.33. The summed E-state index contributed by atoms with van der Waals surface area (Å²) in [5, 5.41) is 3.43. The van der Waals surface area contributed by atoms with Crippen LogP contribution in [0.1, 0.15) is 25.1 Å². The van der Waals surface area contributed by atoms with Crippen molar-refractivity contribution in [3.05, 3.63) is 29.1 Å². The van der Waals surface area contributed by atoms with Crippen molar-refractivity contribution in [3.8, 4) is 17.0 Å². The van der Waals surface area contributed by atoms with E-state index < -0.39 is 0 Å². The Bertz CT molecular complexity index is 637. The normalized spacial score (nSPS) is 12.0. The van der Waals surface area contributed by atoms with Gasteiger partial charge in [0.15, 0.2) is 11.7 Å². The van der Waals surface area contributed by atoms with E-state index in [2.05, 4.69) is 10.3 Å². The molecule has 118 valence electrons. The number of rotatable bonds is 6. The smallest absolute Gasteiger partial charge is 0.258 e. The molecule has 0 aliphatic heterocycles. The zero-order valence-electron chi connectivity index (χ0n) is 13.1. The molecular formula is C16H21N3O2S. The summed E-state index contributed by atoms with van der Waals surface area (Å²) in [7, 11) is 0. The van der Waals surface area contributed by atoms with E-state index in [4.69, 9.17) is 10.5 Å². The molecule has 1 aromatic carbocycles. The minimum absolute atomic E-state index is 0.0202. The summed E-state index contributed by atoms with van der Waals surface area (Å²) in [6, 6.07) is 7.67. The molecule has 0 saturated carbocycles. The Kier molecular flexibility index (Phi) is 5.38. The number of carbonyl (C=O) groups is 1. The molecular weight excluding hydrogens is 298 g/mol. The molecule has 1 unspecified atom stereocenters. The van der Waals surface area contributed by atoms with Gasteiger partial charge in [-0.3, -0.25) is 4.79 Å². The van der Waals surface area contributed by atoms with Gasteiger partial charge in [-0.05, 0) is 44.5 Å². The van der Waals surface area contributed by atoms with Crippen molar-refractivity contribution in [2.45, 2.75) is 33.2 Å². The summed E-state index contributed by atoms with van der Waals surface area (Å²) in [6.45, 7) is 6.01. The van der Waals surface area contributed by atoms with E-state index in [1.165, 1.54) is 11.3 Å². The van der Waals surface area contributed by atoms with Crippen molar-refractivity contribution < 1.29 is 9.53 Å². The number of aryl methyl sites for hydroxylation is 1. The van der Waals surface area contributed by atoms with Crippen LogP contribution in [0, 0.1) is 6.92 Å². The number of hydrogen-bond acceptors (Lipinski definition) is 5. The van der Waals surface area contributed by atoms with Crippen molar-refractivity contribution in [1.82, 2.24) is 10.3 Å². The van der Waals surface area contributed by atoms with Crippen LogP contribution in [0.2, 0.25) is 0 Å². The Hall–Kier alpha value is -2.08. The quantitative estimate of drug-likeness (QED) is 0.858. The fourth-order valence-corrected chi connectivity index (χ4v) is 2.67. The molecule has 0 aliphatic carbocycles. The van der Waals surface area contributed by atoms with Crippen LogP contribution in [0.5, 0.6) is 5.75 Å². The van der Waals surface area contributed by atoms with E-state index >= 15 is 0 Å². The fourth-order valence-electron chi connectivity index (χ4n) is 1.96. The molecule has 0 bridgehead atoms.